The molecule has 75 heavy (non-hydrogen) atoms. The van der Waals surface area contributed by atoms with Gasteiger partial charge in [0.05, 0.1) is 34.5 Å². The molecule has 18 heteroatoms. The highest BCUT2D eigenvalue weighted by atomic mass is 19.4. The second-order valence-corrected chi connectivity index (χ2v) is 27.0. The van der Waals surface area contributed by atoms with Crippen molar-refractivity contribution in [3.63, 3.8) is 0 Å². The fourth-order valence-electron chi connectivity index (χ4n) is 5.20. The first-order valence-electron chi connectivity index (χ1n) is 26.3. The summed E-state index contributed by atoms with van der Waals surface area (Å²) < 4.78 is 219. The Kier molecular flexibility index (Phi) is 37.7. The molecule has 0 saturated heterocycles. The van der Waals surface area contributed by atoms with Gasteiger partial charge in [-0.05, 0) is 69.0 Å². The molecular formula is C57H110F18. The molecule has 0 aromatic carbocycles. The van der Waals surface area contributed by atoms with Crippen molar-refractivity contribution in [3.8, 4) is 0 Å². The molecule has 0 N–H and O–H groups in total. The molecule has 0 bridgehead atoms. The maximum atomic E-state index is 12.3. The van der Waals surface area contributed by atoms with Crippen LogP contribution in [-0.2, 0) is 0 Å². The molecule has 8 atom stereocenters. The average Bonchev–Trinajstić information content (AvgIpc) is 3.16. The highest BCUT2D eigenvalue weighted by Crippen LogP contribution is 2.51. The highest BCUT2D eigenvalue weighted by molar-refractivity contribution is 4.89. The van der Waals surface area contributed by atoms with E-state index in [4.69, 9.17) is 0 Å². The van der Waals surface area contributed by atoms with Gasteiger partial charge in [0, 0.05) is 0 Å². The van der Waals surface area contributed by atoms with E-state index in [1.165, 1.54) is 55.4 Å². The Hall–Kier alpha value is -1.26. The van der Waals surface area contributed by atoms with Crippen LogP contribution < -0.4 is 0 Å². The number of halogens is 18. The molecule has 0 heterocycles. The second-order valence-electron chi connectivity index (χ2n) is 27.0. The van der Waals surface area contributed by atoms with Gasteiger partial charge < -0.3 is 0 Å². The molecule has 0 aliphatic rings. The van der Waals surface area contributed by atoms with Crippen molar-refractivity contribution in [1.29, 1.82) is 0 Å². The Bertz CT molecular complexity index is 1330. The lowest BCUT2D eigenvalue weighted by atomic mass is 9.69. The van der Waals surface area contributed by atoms with Gasteiger partial charge in [0.2, 0.25) is 0 Å². The van der Waals surface area contributed by atoms with Gasteiger partial charge in [-0.1, -0.05) is 228 Å². The van der Waals surface area contributed by atoms with Gasteiger partial charge in [0.15, 0.2) is 0 Å². The number of rotatable bonds is 9. The zero-order valence-corrected chi connectivity index (χ0v) is 52.4. The summed E-state index contributed by atoms with van der Waals surface area (Å²) in [7, 11) is 0. The molecule has 0 amide bonds. The molecule has 0 aliphatic carbocycles. The summed E-state index contributed by atoms with van der Waals surface area (Å²) in [5, 5.41) is 0. The second kappa shape index (κ2) is 32.3. The summed E-state index contributed by atoms with van der Waals surface area (Å²) in [6, 6.07) is 0. The van der Waals surface area contributed by atoms with Gasteiger partial charge in [0.25, 0.3) is 0 Å². The van der Waals surface area contributed by atoms with E-state index >= 15 is 0 Å². The number of alkyl halides is 18. The zero-order chi connectivity index (χ0) is 63.6. The molecule has 0 spiro atoms. The van der Waals surface area contributed by atoms with Gasteiger partial charge in [-0.15, -0.1) is 0 Å². The largest absolute Gasteiger partial charge is 0.394 e. The van der Waals surface area contributed by atoms with Crippen molar-refractivity contribution in [2.24, 2.45) is 104 Å². The maximum absolute atomic E-state index is 12.3. The topological polar surface area (TPSA) is 0 Å². The summed E-state index contributed by atoms with van der Waals surface area (Å²) in [6.45, 7) is 54.2. The molecule has 0 fully saturated rings. The van der Waals surface area contributed by atoms with E-state index in [1.54, 1.807) is 83.1 Å². The van der Waals surface area contributed by atoms with E-state index in [0.717, 1.165) is 11.8 Å². The summed E-state index contributed by atoms with van der Waals surface area (Å²) >= 11 is 0. The highest BCUT2D eigenvalue weighted by Gasteiger charge is 2.55. The van der Waals surface area contributed by atoms with E-state index in [1.807, 2.05) is 41.5 Å². The summed E-state index contributed by atoms with van der Waals surface area (Å²) in [6.07, 6.45) is -23.8. The lowest BCUT2D eigenvalue weighted by Gasteiger charge is -2.40. The Labute approximate surface area is 446 Å². The van der Waals surface area contributed by atoms with Crippen molar-refractivity contribution >= 4 is 0 Å². The van der Waals surface area contributed by atoms with Crippen LogP contribution in [0.3, 0.4) is 0 Å². The summed E-state index contributed by atoms with van der Waals surface area (Å²) in [4.78, 5) is 0. The van der Waals surface area contributed by atoms with Crippen LogP contribution in [-0.4, -0.2) is 37.1 Å². The van der Waals surface area contributed by atoms with E-state index in [-0.39, 0.29) is 35.5 Å². The van der Waals surface area contributed by atoms with Gasteiger partial charge in [-0.2, -0.15) is 79.0 Å². The third-order valence-electron chi connectivity index (χ3n) is 17.4. The van der Waals surface area contributed by atoms with E-state index in [9.17, 15) is 79.0 Å². The lowest BCUT2D eigenvalue weighted by molar-refractivity contribution is -0.244. The molecule has 0 rings (SSSR count). The molecule has 4 unspecified atom stereocenters. The van der Waals surface area contributed by atoms with Gasteiger partial charge in [-0.25, -0.2) is 0 Å². The third-order valence-corrected chi connectivity index (χ3v) is 17.4. The van der Waals surface area contributed by atoms with Crippen molar-refractivity contribution < 1.29 is 79.0 Å². The van der Waals surface area contributed by atoms with Crippen LogP contribution in [0.2, 0.25) is 0 Å². The molecule has 464 valence electrons. The minimum absolute atomic E-state index is 0.0362. The molecular weight excluding hydrogens is 1030 g/mol. The Morgan fingerprint density at radius 3 is 0.560 bits per heavy atom. The molecule has 0 saturated carbocycles. The number of hydrogen-bond donors (Lipinski definition) is 0. The fourth-order valence-corrected chi connectivity index (χ4v) is 5.20. The van der Waals surface area contributed by atoms with Gasteiger partial charge >= 0.3 is 37.1 Å². The summed E-state index contributed by atoms with van der Waals surface area (Å²) in [5.41, 5.74) is -4.94. The Morgan fingerprint density at radius 1 is 0.293 bits per heavy atom. The van der Waals surface area contributed by atoms with Crippen LogP contribution in [0.5, 0.6) is 0 Å². The smallest absolute Gasteiger partial charge is 0.171 e. The predicted molar refractivity (Wildman–Crippen MR) is 279 cm³/mol. The van der Waals surface area contributed by atoms with Crippen molar-refractivity contribution in [3.05, 3.63) is 0 Å². The van der Waals surface area contributed by atoms with Crippen LogP contribution in [0, 0.1) is 104 Å². The van der Waals surface area contributed by atoms with Crippen LogP contribution >= 0.6 is 0 Å². The Morgan fingerprint density at radius 2 is 0.520 bits per heavy atom. The van der Waals surface area contributed by atoms with Crippen LogP contribution in [0.15, 0.2) is 0 Å². The van der Waals surface area contributed by atoms with Crippen LogP contribution in [0.1, 0.15) is 228 Å². The SMILES string of the molecule is CC(C)(C)C(C)(C)C(F)(F)F.CC(C)(C)C(C)(C)C(F)(F)F.CC(C)C(C)(C)C(C)C(F)(F)F.CC(C)[C@@H](C)C(C)(C)C.CC(C)[C@@H](C)C(C)C(F)(F)F.CC(C)[C@@H](C)C(C)C(F)(F)F.CCC(C)[C@@H](C)C(F)(F)F. The van der Waals surface area contributed by atoms with Gasteiger partial charge in [-0.3, -0.25) is 0 Å². The molecule has 0 radical (unpaired) electrons. The quantitative estimate of drug-likeness (QED) is 0.202. The monoisotopic (exact) mass is 1140 g/mol. The lowest BCUT2D eigenvalue weighted by Crippen LogP contribution is -2.43. The van der Waals surface area contributed by atoms with Crippen LogP contribution in [0.25, 0.3) is 0 Å². The van der Waals surface area contributed by atoms with Crippen molar-refractivity contribution in [1.82, 2.24) is 0 Å². The molecule has 0 aromatic rings. The minimum atomic E-state index is -4.12. The summed E-state index contributed by atoms with van der Waals surface area (Å²) in [5.74, 6) is -3.81. The maximum Gasteiger partial charge on any atom is 0.394 e. The van der Waals surface area contributed by atoms with Gasteiger partial charge in [0.1, 0.15) is 0 Å². The van der Waals surface area contributed by atoms with Crippen molar-refractivity contribution in [2.75, 3.05) is 0 Å². The van der Waals surface area contributed by atoms with Crippen LogP contribution in [0.4, 0.5) is 79.0 Å². The van der Waals surface area contributed by atoms with E-state index in [0.29, 0.717) is 11.8 Å². The van der Waals surface area contributed by atoms with E-state index in [2.05, 4.69) is 41.5 Å². The average molecular weight is 1140 g/mol. The third kappa shape index (κ3) is 34.5. The molecule has 0 nitrogen and oxygen atoms in total. The number of hydrogen-bond acceptors (Lipinski definition) is 0. The zero-order valence-electron chi connectivity index (χ0n) is 52.4. The molecule has 0 aromatic heterocycles. The first-order chi connectivity index (χ1) is 31.9. The van der Waals surface area contributed by atoms with Crippen molar-refractivity contribution in [2.45, 2.75) is 265 Å². The molecule has 0 aliphatic heterocycles. The standard InChI is InChI=1S/C9H17F3.C9H20.4C8H15F3.C7H13F3/c1-6(2)8(4,5)7(3)9(10,11)12;1-7(2)8(3)9(4,5)6;2*1-6(2,3)7(4,5)8(9,10)11;2*1-5(2)6(3)7(4)8(9,10)11;1-4-5(2)6(3)7(8,9)10/h6-7H,1-5H3;7-8H,1-6H3;2*1-5H3;2*5-7H,1-4H3;5-6H,4H2,1-3H3/t;8-;;;2*6-,7?;5?,6-/m.1..111/s1. The first kappa shape index (κ1) is 87.6. The van der Waals surface area contributed by atoms with E-state index < -0.39 is 87.8 Å². The Balaban J connectivity index is -0.000000144. The predicted octanol–water partition coefficient (Wildman–Crippen LogP) is 24.6. The fraction of sp³-hybridized carbons (Fsp3) is 1.00. The normalized spacial score (nSPS) is 17.0. The first-order valence-corrected chi connectivity index (χ1v) is 26.3. The minimum Gasteiger partial charge on any atom is -0.171 e.